The van der Waals surface area contributed by atoms with Crippen molar-refractivity contribution in [3.05, 3.63) is 54.1 Å². The normalized spacial score (nSPS) is 11.1. The molecule has 5 nitrogen and oxygen atoms in total. The fraction of sp³-hybridized carbons (Fsp3) is 0.0667. The first-order valence-electron chi connectivity index (χ1n) is 6.48. The molecule has 0 amide bonds. The minimum absolute atomic E-state index is 0.818. The van der Waals surface area contributed by atoms with Gasteiger partial charge in [0, 0.05) is 41.3 Å². The minimum atomic E-state index is 0.818. The van der Waals surface area contributed by atoms with Crippen molar-refractivity contribution < 1.29 is 0 Å². The third-order valence-electron chi connectivity index (χ3n) is 3.38. The molecule has 0 aromatic carbocycles. The Bertz CT molecular complexity index is 911. The molecule has 0 spiro atoms. The molecule has 21 heavy (non-hydrogen) atoms. The number of nitrogens with zero attached hydrogens (tertiary/aromatic N) is 5. The number of hydrogen-bond acceptors (Lipinski definition) is 5. The van der Waals surface area contributed by atoms with Crippen LogP contribution in [0.2, 0.25) is 0 Å². The van der Waals surface area contributed by atoms with Crippen LogP contribution in [0.5, 0.6) is 0 Å². The number of thiazole rings is 1. The van der Waals surface area contributed by atoms with Crippen LogP contribution in [-0.4, -0.2) is 24.6 Å². The summed E-state index contributed by atoms with van der Waals surface area (Å²) in [6, 6.07) is 3.97. The lowest BCUT2D eigenvalue weighted by atomic mass is 10.1. The first-order chi connectivity index (χ1) is 10.3. The lowest BCUT2D eigenvalue weighted by Crippen LogP contribution is -1.96. The second-order valence-electron chi connectivity index (χ2n) is 4.65. The van der Waals surface area contributed by atoms with Crippen molar-refractivity contribution in [2.24, 2.45) is 0 Å². The number of pyridine rings is 1. The molecule has 4 heterocycles. The minimum Gasteiger partial charge on any atom is -0.264 e. The molecule has 0 bridgehead atoms. The standard InChI is InChI=1S/C15H11N5S/c1-10-2-4-16-8-12(10)11-3-5-19-20-13(9-18-14(11)20)15-17-6-7-21-15/h2-9H,1H3. The molecule has 0 aliphatic heterocycles. The monoisotopic (exact) mass is 293 g/mol. The fourth-order valence-electron chi connectivity index (χ4n) is 2.35. The van der Waals surface area contributed by atoms with Crippen LogP contribution in [-0.2, 0) is 0 Å². The van der Waals surface area contributed by atoms with Crippen molar-refractivity contribution in [1.82, 2.24) is 24.6 Å². The molecule has 0 atom stereocenters. The molecule has 102 valence electrons. The Morgan fingerprint density at radius 2 is 1.95 bits per heavy atom. The highest BCUT2D eigenvalue weighted by atomic mass is 32.1. The number of fused-ring (bicyclic) bond motifs is 1. The zero-order valence-electron chi connectivity index (χ0n) is 11.3. The highest BCUT2D eigenvalue weighted by molar-refractivity contribution is 7.13. The van der Waals surface area contributed by atoms with Gasteiger partial charge in [0.15, 0.2) is 5.65 Å². The third kappa shape index (κ3) is 1.92. The van der Waals surface area contributed by atoms with Crippen LogP contribution in [0, 0.1) is 6.92 Å². The summed E-state index contributed by atoms with van der Waals surface area (Å²) >= 11 is 1.58. The lowest BCUT2D eigenvalue weighted by molar-refractivity contribution is 0.942. The maximum Gasteiger partial charge on any atom is 0.162 e. The fourth-order valence-corrected chi connectivity index (χ4v) is 2.98. The molecular weight excluding hydrogens is 282 g/mol. The maximum absolute atomic E-state index is 4.53. The molecule has 4 rings (SSSR count). The highest BCUT2D eigenvalue weighted by Gasteiger charge is 2.14. The molecule has 4 aromatic heterocycles. The zero-order chi connectivity index (χ0) is 14.2. The summed E-state index contributed by atoms with van der Waals surface area (Å²) in [6.45, 7) is 2.07. The van der Waals surface area contributed by atoms with Crippen molar-refractivity contribution in [2.75, 3.05) is 0 Å². The second kappa shape index (κ2) is 4.75. The van der Waals surface area contributed by atoms with E-state index >= 15 is 0 Å². The zero-order valence-corrected chi connectivity index (χ0v) is 12.1. The van der Waals surface area contributed by atoms with Gasteiger partial charge in [0.1, 0.15) is 10.7 Å². The Hall–Kier alpha value is -2.60. The van der Waals surface area contributed by atoms with Gasteiger partial charge in [0.25, 0.3) is 0 Å². The smallest absolute Gasteiger partial charge is 0.162 e. The summed E-state index contributed by atoms with van der Waals surface area (Å²) in [5.74, 6) is 0. The van der Waals surface area contributed by atoms with Crippen molar-refractivity contribution >= 4 is 17.0 Å². The van der Waals surface area contributed by atoms with E-state index in [9.17, 15) is 0 Å². The summed E-state index contributed by atoms with van der Waals surface area (Å²) in [7, 11) is 0. The van der Waals surface area contributed by atoms with Crippen LogP contribution in [0.1, 0.15) is 5.56 Å². The van der Waals surface area contributed by atoms with Crippen molar-refractivity contribution in [3.63, 3.8) is 0 Å². The van der Waals surface area contributed by atoms with Crippen molar-refractivity contribution in [3.8, 4) is 21.8 Å². The molecule has 0 N–H and O–H groups in total. The first-order valence-corrected chi connectivity index (χ1v) is 7.36. The van der Waals surface area contributed by atoms with E-state index in [0.717, 1.165) is 33.0 Å². The van der Waals surface area contributed by atoms with Crippen molar-refractivity contribution in [1.29, 1.82) is 0 Å². The van der Waals surface area contributed by atoms with Crippen LogP contribution in [0.25, 0.3) is 27.5 Å². The predicted octanol–water partition coefficient (Wildman–Crippen LogP) is 3.22. The van der Waals surface area contributed by atoms with E-state index in [1.165, 1.54) is 0 Å². The Morgan fingerprint density at radius 3 is 2.76 bits per heavy atom. The number of aromatic nitrogens is 5. The SMILES string of the molecule is Cc1ccncc1-c1ccnn2c(-c3nccs3)cnc12. The van der Waals surface area contributed by atoms with Gasteiger partial charge in [-0.2, -0.15) is 5.10 Å². The van der Waals surface area contributed by atoms with Crippen LogP contribution >= 0.6 is 11.3 Å². The number of imidazole rings is 1. The summed E-state index contributed by atoms with van der Waals surface area (Å²) in [5.41, 5.74) is 4.98. The largest absolute Gasteiger partial charge is 0.264 e. The molecule has 0 aliphatic rings. The Morgan fingerprint density at radius 1 is 1.00 bits per heavy atom. The van der Waals surface area contributed by atoms with Gasteiger partial charge in [-0.3, -0.25) is 4.98 Å². The summed E-state index contributed by atoms with van der Waals surface area (Å²) < 4.78 is 1.83. The van der Waals surface area contributed by atoms with E-state index in [1.54, 1.807) is 29.9 Å². The number of rotatable bonds is 2. The van der Waals surface area contributed by atoms with Crippen LogP contribution in [0.3, 0.4) is 0 Å². The van der Waals surface area contributed by atoms with E-state index < -0.39 is 0 Å². The molecule has 6 heteroatoms. The molecule has 0 aliphatic carbocycles. The predicted molar refractivity (Wildman–Crippen MR) is 82.1 cm³/mol. The van der Waals surface area contributed by atoms with Gasteiger partial charge in [-0.15, -0.1) is 11.3 Å². The molecule has 4 aromatic rings. The average molecular weight is 293 g/mol. The van der Waals surface area contributed by atoms with Gasteiger partial charge in [-0.05, 0) is 24.6 Å². The molecule has 0 fully saturated rings. The van der Waals surface area contributed by atoms with Crippen LogP contribution < -0.4 is 0 Å². The third-order valence-corrected chi connectivity index (χ3v) is 4.18. The molecule has 0 saturated carbocycles. The quantitative estimate of drug-likeness (QED) is 0.569. The Balaban J connectivity index is 1.99. The maximum atomic E-state index is 4.53. The van der Waals surface area contributed by atoms with Gasteiger partial charge >= 0.3 is 0 Å². The molecule has 0 radical (unpaired) electrons. The number of hydrogen-bond donors (Lipinski definition) is 0. The molecule has 0 unspecified atom stereocenters. The number of aryl methyl sites for hydroxylation is 1. The Labute approximate surface area is 125 Å². The summed E-state index contributed by atoms with van der Waals surface area (Å²) in [5, 5.41) is 7.27. The average Bonchev–Trinajstić information content (AvgIpc) is 3.16. The second-order valence-corrected chi connectivity index (χ2v) is 5.55. The van der Waals surface area contributed by atoms with Gasteiger partial charge < -0.3 is 0 Å². The highest BCUT2D eigenvalue weighted by Crippen LogP contribution is 2.29. The van der Waals surface area contributed by atoms with Gasteiger partial charge in [-0.1, -0.05) is 0 Å². The summed E-state index contributed by atoms with van der Waals surface area (Å²) in [4.78, 5) is 13.1. The summed E-state index contributed by atoms with van der Waals surface area (Å²) in [6.07, 6.45) is 9.05. The van der Waals surface area contributed by atoms with Crippen LogP contribution in [0.4, 0.5) is 0 Å². The van der Waals surface area contributed by atoms with Gasteiger partial charge in [0.2, 0.25) is 0 Å². The topological polar surface area (TPSA) is 56.0 Å². The van der Waals surface area contributed by atoms with Crippen molar-refractivity contribution in [2.45, 2.75) is 6.92 Å². The lowest BCUT2D eigenvalue weighted by Gasteiger charge is -2.06. The van der Waals surface area contributed by atoms with Gasteiger partial charge in [0.05, 0.1) is 6.20 Å². The van der Waals surface area contributed by atoms with Gasteiger partial charge in [-0.25, -0.2) is 14.5 Å². The Kier molecular flexibility index (Phi) is 2.75. The van der Waals surface area contributed by atoms with E-state index in [1.807, 2.05) is 34.4 Å². The van der Waals surface area contributed by atoms with E-state index in [-0.39, 0.29) is 0 Å². The van der Waals surface area contributed by atoms with Crippen LogP contribution in [0.15, 0.2) is 48.5 Å². The first kappa shape index (κ1) is 12.2. The van der Waals surface area contributed by atoms with E-state index in [2.05, 4.69) is 27.0 Å². The molecule has 0 saturated heterocycles. The van der Waals surface area contributed by atoms with E-state index in [0.29, 0.717) is 0 Å². The molecular formula is C15H11N5S. The van der Waals surface area contributed by atoms with E-state index in [4.69, 9.17) is 0 Å².